The van der Waals surface area contributed by atoms with E-state index < -0.39 is 4.92 Å². The van der Waals surface area contributed by atoms with Crippen molar-refractivity contribution in [3.05, 3.63) is 88.5 Å². The summed E-state index contributed by atoms with van der Waals surface area (Å²) in [7, 11) is 0. The zero-order valence-corrected chi connectivity index (χ0v) is 17.4. The Morgan fingerprint density at radius 2 is 1.68 bits per heavy atom. The second-order valence-electron chi connectivity index (χ2n) is 6.81. The van der Waals surface area contributed by atoms with Crippen molar-refractivity contribution in [1.29, 1.82) is 0 Å². The third-order valence-electron chi connectivity index (χ3n) is 4.82. The van der Waals surface area contributed by atoms with Crippen LogP contribution in [-0.4, -0.2) is 26.8 Å². The van der Waals surface area contributed by atoms with Crippen molar-refractivity contribution in [3.8, 4) is 11.3 Å². The molecule has 0 aliphatic carbocycles. The SMILES string of the molecule is Cc1c(NC(=O)CSc2nnc(-c3ccccc3)c3ccccc23)cccc1[N+](=O)[O-]. The quantitative estimate of drug-likeness (QED) is 0.255. The Balaban J connectivity index is 1.54. The second-order valence-corrected chi connectivity index (χ2v) is 7.77. The van der Waals surface area contributed by atoms with Crippen LogP contribution in [0.1, 0.15) is 5.56 Å². The van der Waals surface area contributed by atoms with Crippen LogP contribution in [0.5, 0.6) is 0 Å². The number of amides is 1. The van der Waals surface area contributed by atoms with E-state index in [1.165, 1.54) is 17.8 Å². The van der Waals surface area contributed by atoms with Gasteiger partial charge in [0.2, 0.25) is 5.91 Å². The van der Waals surface area contributed by atoms with Crippen molar-refractivity contribution in [2.45, 2.75) is 11.9 Å². The maximum atomic E-state index is 12.5. The molecule has 1 N–H and O–H groups in total. The van der Waals surface area contributed by atoms with Gasteiger partial charge in [0.1, 0.15) is 10.7 Å². The molecule has 7 nitrogen and oxygen atoms in total. The number of fused-ring (bicyclic) bond motifs is 1. The lowest BCUT2D eigenvalue weighted by Gasteiger charge is -2.10. The van der Waals surface area contributed by atoms with Crippen molar-refractivity contribution >= 4 is 39.8 Å². The van der Waals surface area contributed by atoms with Gasteiger partial charge in [-0.05, 0) is 13.0 Å². The van der Waals surface area contributed by atoms with Crippen LogP contribution in [0.2, 0.25) is 0 Å². The topological polar surface area (TPSA) is 98.0 Å². The monoisotopic (exact) mass is 430 g/mol. The fourth-order valence-electron chi connectivity index (χ4n) is 3.27. The van der Waals surface area contributed by atoms with Gasteiger partial charge < -0.3 is 5.32 Å². The van der Waals surface area contributed by atoms with Crippen molar-refractivity contribution in [2.75, 3.05) is 11.1 Å². The first-order valence-electron chi connectivity index (χ1n) is 9.52. The van der Waals surface area contributed by atoms with Gasteiger partial charge in [0.15, 0.2) is 0 Å². The summed E-state index contributed by atoms with van der Waals surface area (Å²) in [6.07, 6.45) is 0. The molecular formula is C23H18N4O3S. The summed E-state index contributed by atoms with van der Waals surface area (Å²) in [5.41, 5.74) is 2.58. The zero-order chi connectivity index (χ0) is 21.8. The second kappa shape index (κ2) is 8.93. The van der Waals surface area contributed by atoms with Crippen molar-refractivity contribution in [1.82, 2.24) is 10.2 Å². The van der Waals surface area contributed by atoms with Gasteiger partial charge in [-0.15, -0.1) is 10.2 Å². The van der Waals surface area contributed by atoms with Crippen molar-refractivity contribution in [2.24, 2.45) is 0 Å². The molecule has 0 saturated carbocycles. The van der Waals surface area contributed by atoms with Crippen LogP contribution < -0.4 is 5.32 Å². The van der Waals surface area contributed by atoms with Gasteiger partial charge in [0.25, 0.3) is 5.69 Å². The number of nitrogens with one attached hydrogen (secondary N) is 1. The predicted octanol–water partition coefficient (Wildman–Crippen LogP) is 5.24. The van der Waals surface area contributed by atoms with Gasteiger partial charge >= 0.3 is 0 Å². The van der Waals surface area contributed by atoms with Gasteiger partial charge in [-0.3, -0.25) is 14.9 Å². The van der Waals surface area contributed by atoms with Gasteiger partial charge in [-0.2, -0.15) is 0 Å². The molecule has 3 aromatic carbocycles. The molecule has 0 aliphatic rings. The normalized spacial score (nSPS) is 10.7. The fraction of sp³-hybridized carbons (Fsp3) is 0.0870. The summed E-state index contributed by atoms with van der Waals surface area (Å²) in [4.78, 5) is 23.1. The standard InChI is InChI=1S/C23H18N4O3S/c1-15-19(12-7-13-20(15)27(29)30)24-21(28)14-31-23-18-11-6-5-10-17(18)22(25-26-23)16-8-3-2-4-9-16/h2-13H,14H2,1H3,(H,24,28). The lowest BCUT2D eigenvalue weighted by molar-refractivity contribution is -0.385. The number of nitrogens with zero attached hydrogens (tertiary/aromatic N) is 3. The number of nitro benzene ring substituents is 1. The summed E-state index contributed by atoms with van der Waals surface area (Å²) in [5.74, 6) is -0.169. The average molecular weight is 430 g/mol. The molecule has 0 fully saturated rings. The lowest BCUT2D eigenvalue weighted by atomic mass is 10.1. The molecule has 0 saturated heterocycles. The minimum Gasteiger partial charge on any atom is -0.325 e. The summed E-state index contributed by atoms with van der Waals surface area (Å²) in [6, 6.07) is 22.3. The van der Waals surface area contributed by atoms with E-state index in [0.717, 1.165) is 22.0 Å². The summed E-state index contributed by atoms with van der Waals surface area (Å²) < 4.78 is 0. The first kappa shape index (κ1) is 20.5. The molecule has 4 aromatic rings. The molecule has 0 unspecified atom stereocenters. The number of carbonyl (C=O) groups excluding carboxylic acids is 1. The highest BCUT2D eigenvalue weighted by Gasteiger charge is 2.16. The first-order valence-corrected chi connectivity index (χ1v) is 10.5. The highest BCUT2D eigenvalue weighted by molar-refractivity contribution is 8.00. The van der Waals surface area contributed by atoms with E-state index >= 15 is 0 Å². The third-order valence-corrected chi connectivity index (χ3v) is 5.80. The van der Waals surface area contributed by atoms with Crippen LogP contribution >= 0.6 is 11.8 Å². The van der Waals surface area contributed by atoms with Crippen LogP contribution in [-0.2, 0) is 4.79 Å². The van der Waals surface area contributed by atoms with Crippen LogP contribution in [0.4, 0.5) is 11.4 Å². The minimum absolute atomic E-state index is 0.0289. The van der Waals surface area contributed by atoms with E-state index in [9.17, 15) is 14.9 Å². The molecule has 1 amide bonds. The van der Waals surface area contributed by atoms with E-state index in [1.54, 1.807) is 19.1 Å². The van der Waals surface area contributed by atoms with E-state index in [4.69, 9.17) is 0 Å². The molecule has 0 aliphatic heterocycles. The maximum Gasteiger partial charge on any atom is 0.274 e. The number of nitro groups is 1. The average Bonchev–Trinajstić information content (AvgIpc) is 2.79. The molecule has 0 bridgehead atoms. The van der Waals surface area contributed by atoms with Crippen molar-refractivity contribution in [3.63, 3.8) is 0 Å². The Bertz CT molecular complexity index is 1280. The number of rotatable bonds is 6. The Kier molecular flexibility index (Phi) is 5.90. The molecule has 4 rings (SSSR count). The molecule has 154 valence electrons. The molecule has 8 heteroatoms. The molecule has 0 spiro atoms. The molecule has 0 radical (unpaired) electrons. The highest BCUT2D eigenvalue weighted by Crippen LogP contribution is 2.32. The van der Waals surface area contributed by atoms with Crippen LogP contribution in [0.3, 0.4) is 0 Å². The Morgan fingerprint density at radius 1 is 0.968 bits per heavy atom. The summed E-state index contributed by atoms with van der Waals surface area (Å²) in [6.45, 7) is 1.61. The highest BCUT2D eigenvalue weighted by atomic mass is 32.2. The third kappa shape index (κ3) is 4.39. The molecular weight excluding hydrogens is 412 g/mol. The largest absolute Gasteiger partial charge is 0.325 e. The Labute approximate surface area is 182 Å². The van der Waals surface area contributed by atoms with E-state index in [-0.39, 0.29) is 17.3 Å². The molecule has 1 heterocycles. The number of anilines is 1. The van der Waals surface area contributed by atoms with Crippen molar-refractivity contribution < 1.29 is 9.72 Å². The number of aromatic nitrogens is 2. The Hall–Kier alpha value is -3.78. The summed E-state index contributed by atoms with van der Waals surface area (Å²) >= 11 is 1.28. The van der Waals surface area contributed by atoms with Crippen LogP contribution in [0.25, 0.3) is 22.0 Å². The number of thioether (sulfide) groups is 1. The van der Waals surface area contributed by atoms with Gasteiger partial charge in [0, 0.05) is 22.4 Å². The first-order chi connectivity index (χ1) is 15.0. The van der Waals surface area contributed by atoms with Crippen LogP contribution in [0, 0.1) is 17.0 Å². The molecule has 0 atom stereocenters. The minimum atomic E-state index is -0.463. The Morgan fingerprint density at radius 3 is 2.42 bits per heavy atom. The zero-order valence-electron chi connectivity index (χ0n) is 16.6. The number of hydrogen-bond donors (Lipinski definition) is 1. The van der Waals surface area contributed by atoms with E-state index in [0.29, 0.717) is 16.3 Å². The lowest BCUT2D eigenvalue weighted by Crippen LogP contribution is -2.15. The predicted molar refractivity (Wildman–Crippen MR) is 122 cm³/mol. The summed E-state index contributed by atoms with van der Waals surface area (Å²) in [5, 5.41) is 25.1. The van der Waals surface area contributed by atoms with Gasteiger partial charge in [0.05, 0.1) is 21.9 Å². The van der Waals surface area contributed by atoms with Gasteiger partial charge in [-0.25, -0.2) is 0 Å². The molecule has 31 heavy (non-hydrogen) atoms. The number of hydrogen-bond acceptors (Lipinski definition) is 6. The number of benzene rings is 3. The number of carbonyl (C=O) groups is 1. The molecule has 1 aromatic heterocycles. The smallest absolute Gasteiger partial charge is 0.274 e. The maximum absolute atomic E-state index is 12.5. The van der Waals surface area contributed by atoms with E-state index in [2.05, 4.69) is 15.5 Å². The fourth-order valence-corrected chi connectivity index (χ4v) is 4.04. The van der Waals surface area contributed by atoms with Crippen LogP contribution in [0.15, 0.2) is 77.8 Å². The van der Waals surface area contributed by atoms with E-state index in [1.807, 2.05) is 54.6 Å². The van der Waals surface area contributed by atoms with Gasteiger partial charge in [-0.1, -0.05) is 72.4 Å².